The predicted octanol–water partition coefficient (Wildman–Crippen LogP) is 5.15. The van der Waals surface area contributed by atoms with Gasteiger partial charge in [-0.1, -0.05) is 38.1 Å². The lowest BCUT2D eigenvalue weighted by Crippen LogP contribution is -2.42. The summed E-state index contributed by atoms with van der Waals surface area (Å²) in [5.41, 5.74) is -2.82. The molecule has 32 heavy (non-hydrogen) atoms. The maximum absolute atomic E-state index is 11.1. The summed E-state index contributed by atoms with van der Waals surface area (Å²) >= 11 is 9.74. The van der Waals surface area contributed by atoms with Gasteiger partial charge in [-0.05, 0) is 43.2 Å². The topological polar surface area (TPSA) is 74.2 Å². The molecule has 0 aliphatic heterocycles. The van der Waals surface area contributed by atoms with Crippen LogP contribution in [0, 0.1) is 0 Å². The molecule has 184 valence electrons. The van der Waals surface area contributed by atoms with E-state index in [-0.39, 0.29) is 6.42 Å². The number of unbranched alkanes of at least 4 members (excludes halogenated alkanes) is 3. The number of hydrogen-bond donors (Lipinski definition) is 2. The number of quaternary nitrogens is 1. The second-order valence-corrected chi connectivity index (χ2v) is 13.9. The summed E-state index contributed by atoms with van der Waals surface area (Å²) in [5, 5.41) is 9.13. The number of aliphatic carboxylic acids is 1. The summed E-state index contributed by atoms with van der Waals surface area (Å²) in [6, 6.07) is 7.67. The zero-order chi connectivity index (χ0) is 24.0. The summed E-state index contributed by atoms with van der Waals surface area (Å²) in [7, 11) is 5.90. The summed E-state index contributed by atoms with van der Waals surface area (Å²) in [6.07, 6.45) is 4.22. The van der Waals surface area contributed by atoms with E-state index in [1.165, 1.54) is 12.8 Å². The quantitative estimate of drug-likeness (QED) is 0.123. The summed E-state index contributed by atoms with van der Waals surface area (Å²) in [6.45, 7) is 4.32. The fourth-order valence-electron chi connectivity index (χ4n) is 2.93. The molecular formula is C22H39NO6PS2+. The minimum absolute atomic E-state index is 0.132. The Balaban J connectivity index is 2.32. The highest BCUT2D eigenvalue weighted by atomic mass is 32.9. The van der Waals surface area contributed by atoms with Crippen molar-refractivity contribution in [1.82, 2.24) is 0 Å². The molecule has 0 aliphatic carbocycles. The fraction of sp³-hybridized carbons (Fsp3) is 0.682. The van der Waals surface area contributed by atoms with Crippen molar-refractivity contribution in [1.29, 1.82) is 0 Å². The Labute approximate surface area is 203 Å². The molecule has 0 saturated heterocycles. The molecule has 0 bridgehead atoms. The number of benzene rings is 1. The Kier molecular flexibility index (Phi) is 13.8. The predicted molar refractivity (Wildman–Crippen MR) is 135 cm³/mol. The summed E-state index contributed by atoms with van der Waals surface area (Å²) in [5.74, 6) is 0.664. The van der Waals surface area contributed by atoms with Gasteiger partial charge in [-0.25, -0.2) is 0 Å². The van der Waals surface area contributed by atoms with Crippen LogP contribution in [0.5, 0.6) is 11.5 Å². The highest BCUT2D eigenvalue weighted by Gasteiger charge is 2.27. The van der Waals surface area contributed by atoms with Crippen molar-refractivity contribution < 1.29 is 32.9 Å². The Morgan fingerprint density at radius 2 is 1.66 bits per heavy atom. The molecule has 0 saturated carbocycles. The smallest absolute Gasteiger partial charge is 0.306 e. The summed E-state index contributed by atoms with van der Waals surface area (Å²) < 4.78 is 23.6. The Hall–Kier alpha value is -0.830. The van der Waals surface area contributed by atoms with Crippen LogP contribution in [0.4, 0.5) is 0 Å². The minimum Gasteiger partial charge on any atom is -0.493 e. The van der Waals surface area contributed by atoms with Crippen molar-refractivity contribution in [3.8, 4) is 11.5 Å². The van der Waals surface area contributed by atoms with E-state index < -0.39 is 17.8 Å². The maximum Gasteiger partial charge on any atom is 0.306 e. The van der Waals surface area contributed by atoms with Gasteiger partial charge in [-0.15, -0.1) is 0 Å². The highest BCUT2D eigenvalue weighted by Crippen LogP contribution is 2.54. The minimum atomic E-state index is -2.82. The standard InChI is InChI=1S/C22H38NO6PS2/c1-5-6-7-13-26-19-11-10-12-20(16-19)27-14-8-9-15-28-30(31,32)29-21(17-22(24)25)18-23(2,3)4/h10-12,16,21H,5-9,13-15,17-18H2,1-4H3,(H-,24,25,31,32)/p+1. The van der Waals surface area contributed by atoms with E-state index in [0.717, 1.165) is 30.8 Å². The molecule has 0 fully saturated rings. The lowest BCUT2D eigenvalue weighted by molar-refractivity contribution is -0.873. The molecule has 7 nitrogen and oxygen atoms in total. The van der Waals surface area contributed by atoms with Gasteiger partial charge in [0.15, 0.2) is 0 Å². The Morgan fingerprint density at radius 3 is 2.19 bits per heavy atom. The van der Waals surface area contributed by atoms with Crippen molar-refractivity contribution in [2.24, 2.45) is 0 Å². The van der Waals surface area contributed by atoms with E-state index in [9.17, 15) is 4.79 Å². The van der Waals surface area contributed by atoms with E-state index in [4.69, 9.17) is 35.4 Å². The van der Waals surface area contributed by atoms with Gasteiger partial charge in [0.25, 0.3) is 0 Å². The number of nitrogens with zero attached hydrogens (tertiary/aromatic N) is 1. The number of carboxylic acid groups (broad SMARTS) is 1. The fourth-order valence-corrected chi connectivity index (χ4v) is 5.10. The number of likely N-dealkylation sites (N-methyl/N-ethyl adjacent to an activating group) is 1. The highest BCUT2D eigenvalue weighted by molar-refractivity contribution is 8.60. The Morgan fingerprint density at radius 1 is 1.09 bits per heavy atom. The largest absolute Gasteiger partial charge is 0.493 e. The molecule has 0 aliphatic rings. The lowest BCUT2D eigenvalue weighted by Gasteiger charge is -2.30. The zero-order valence-corrected chi connectivity index (χ0v) is 22.3. The lowest BCUT2D eigenvalue weighted by atomic mass is 10.2. The van der Waals surface area contributed by atoms with Crippen LogP contribution in [0.25, 0.3) is 0 Å². The Bertz CT molecular complexity index is 729. The molecule has 1 N–H and O–H groups in total. The zero-order valence-electron chi connectivity index (χ0n) is 19.7. The first-order chi connectivity index (χ1) is 15.0. The van der Waals surface area contributed by atoms with Crippen LogP contribution in [-0.2, 0) is 25.6 Å². The van der Waals surface area contributed by atoms with Gasteiger partial charge in [0.2, 0.25) is 5.69 Å². The van der Waals surface area contributed by atoms with Gasteiger partial charge in [-0.3, -0.25) is 4.79 Å². The molecule has 2 unspecified atom stereocenters. The third kappa shape index (κ3) is 15.1. The van der Waals surface area contributed by atoms with Crippen LogP contribution in [0.2, 0.25) is 0 Å². The van der Waals surface area contributed by atoms with Gasteiger partial charge in [0.1, 0.15) is 24.1 Å². The van der Waals surface area contributed by atoms with Crippen molar-refractivity contribution in [3.63, 3.8) is 0 Å². The van der Waals surface area contributed by atoms with Gasteiger partial charge in [0.05, 0.1) is 47.4 Å². The number of carbonyl (C=O) groups is 1. The van der Waals surface area contributed by atoms with E-state index in [1.54, 1.807) is 0 Å². The van der Waals surface area contributed by atoms with Gasteiger partial charge in [-0.2, -0.15) is 0 Å². The third-order valence-corrected chi connectivity index (χ3v) is 6.60. The van der Waals surface area contributed by atoms with E-state index in [1.807, 2.05) is 45.4 Å². The van der Waals surface area contributed by atoms with Gasteiger partial charge >= 0.3 is 5.97 Å². The first-order valence-electron chi connectivity index (χ1n) is 11.0. The number of rotatable bonds is 18. The molecule has 0 spiro atoms. The maximum atomic E-state index is 11.1. The monoisotopic (exact) mass is 508 g/mol. The first-order valence-corrected chi connectivity index (χ1v) is 14.8. The van der Waals surface area contributed by atoms with Crippen LogP contribution in [0.3, 0.4) is 0 Å². The molecule has 1 aromatic carbocycles. The van der Waals surface area contributed by atoms with E-state index in [2.05, 4.69) is 19.2 Å². The van der Waals surface area contributed by atoms with Crippen LogP contribution in [0.1, 0.15) is 45.4 Å². The van der Waals surface area contributed by atoms with Crippen molar-refractivity contribution >= 4 is 35.7 Å². The molecule has 0 amide bonds. The average molecular weight is 509 g/mol. The molecule has 2 atom stereocenters. The molecule has 0 heterocycles. The van der Waals surface area contributed by atoms with Crippen LogP contribution < -0.4 is 9.47 Å². The van der Waals surface area contributed by atoms with Crippen molar-refractivity contribution in [2.45, 2.75) is 51.6 Å². The SMILES string of the molecule is CCCCCOc1cccc(OCCCCOP(=S)(S)OC(CC(=O)O)C[N+](C)(C)C)c1. The third-order valence-electron chi connectivity index (χ3n) is 4.32. The molecule has 0 aromatic heterocycles. The number of ether oxygens (including phenoxy) is 2. The van der Waals surface area contributed by atoms with Gasteiger partial charge in [0, 0.05) is 6.07 Å². The van der Waals surface area contributed by atoms with Crippen LogP contribution in [0.15, 0.2) is 24.3 Å². The normalized spacial score (nSPS) is 14.5. The van der Waals surface area contributed by atoms with Crippen LogP contribution in [-0.4, -0.2) is 69.2 Å². The van der Waals surface area contributed by atoms with Gasteiger partial charge < -0.3 is 28.1 Å². The van der Waals surface area contributed by atoms with E-state index in [0.29, 0.717) is 30.8 Å². The van der Waals surface area contributed by atoms with E-state index >= 15 is 0 Å². The molecular weight excluding hydrogens is 469 g/mol. The first kappa shape index (κ1) is 29.2. The van der Waals surface area contributed by atoms with Crippen LogP contribution >= 0.6 is 17.9 Å². The molecule has 10 heteroatoms. The average Bonchev–Trinajstić information content (AvgIpc) is 2.66. The van der Waals surface area contributed by atoms with Crippen molar-refractivity contribution in [3.05, 3.63) is 24.3 Å². The molecule has 0 radical (unpaired) electrons. The van der Waals surface area contributed by atoms with Crippen molar-refractivity contribution in [2.75, 3.05) is 47.5 Å². The summed E-state index contributed by atoms with van der Waals surface area (Å²) in [4.78, 5) is 11.1. The number of thiol groups is 1. The second kappa shape index (κ2) is 15.1. The molecule has 1 rings (SSSR count). The second-order valence-electron chi connectivity index (χ2n) is 8.69. The molecule has 1 aromatic rings. The number of carboxylic acids is 1. The number of hydrogen-bond acceptors (Lipinski definition) is 6.